The van der Waals surface area contributed by atoms with Crippen LogP contribution in [-0.4, -0.2) is 16.3 Å². The van der Waals surface area contributed by atoms with Crippen molar-refractivity contribution in [2.75, 3.05) is 17.2 Å². The molecule has 0 aliphatic carbocycles. The van der Waals surface area contributed by atoms with Gasteiger partial charge in [-0.2, -0.15) is 5.10 Å². The average molecular weight is 234 g/mol. The van der Waals surface area contributed by atoms with Crippen LogP contribution in [0.3, 0.4) is 0 Å². The van der Waals surface area contributed by atoms with Crippen LogP contribution in [0, 0.1) is 5.82 Å². The zero-order valence-corrected chi connectivity index (χ0v) is 9.89. The number of halogens is 1. The van der Waals surface area contributed by atoms with Crippen LogP contribution in [-0.2, 0) is 7.05 Å². The fourth-order valence-electron chi connectivity index (χ4n) is 1.80. The molecule has 0 amide bonds. The Morgan fingerprint density at radius 2 is 2.24 bits per heavy atom. The van der Waals surface area contributed by atoms with Crippen LogP contribution in [0.5, 0.6) is 0 Å². The monoisotopic (exact) mass is 234 g/mol. The van der Waals surface area contributed by atoms with Crippen molar-refractivity contribution in [1.29, 1.82) is 0 Å². The Balaban J connectivity index is 2.43. The first-order valence-corrected chi connectivity index (χ1v) is 5.44. The number of rotatable bonds is 3. The van der Waals surface area contributed by atoms with Crippen molar-refractivity contribution in [3.8, 4) is 0 Å². The number of anilines is 3. The fraction of sp³-hybridized carbons (Fsp3) is 0.250. The number of hydrogen-bond acceptors (Lipinski definition) is 3. The molecule has 4 nitrogen and oxygen atoms in total. The molecule has 90 valence electrons. The van der Waals surface area contributed by atoms with Crippen molar-refractivity contribution in [1.82, 2.24) is 9.78 Å². The van der Waals surface area contributed by atoms with Gasteiger partial charge >= 0.3 is 0 Å². The lowest BCUT2D eigenvalue weighted by atomic mass is 10.2. The summed E-state index contributed by atoms with van der Waals surface area (Å²) >= 11 is 0. The van der Waals surface area contributed by atoms with Crippen LogP contribution in [0.15, 0.2) is 30.5 Å². The Labute approximate surface area is 99.5 Å². The van der Waals surface area contributed by atoms with Crippen LogP contribution in [0.2, 0.25) is 0 Å². The second-order valence-corrected chi connectivity index (χ2v) is 3.81. The van der Waals surface area contributed by atoms with E-state index in [0.717, 1.165) is 5.69 Å². The van der Waals surface area contributed by atoms with Gasteiger partial charge in [-0.25, -0.2) is 4.39 Å². The summed E-state index contributed by atoms with van der Waals surface area (Å²) in [6, 6.07) is 6.39. The van der Waals surface area contributed by atoms with E-state index in [0.29, 0.717) is 18.1 Å². The predicted octanol–water partition coefficient (Wildman–Crippen LogP) is 2.30. The van der Waals surface area contributed by atoms with E-state index in [9.17, 15) is 4.39 Å². The molecule has 2 rings (SSSR count). The number of hydrogen-bond donors (Lipinski definition) is 1. The van der Waals surface area contributed by atoms with E-state index >= 15 is 0 Å². The molecule has 0 saturated heterocycles. The van der Waals surface area contributed by atoms with Gasteiger partial charge in [0.05, 0.1) is 5.69 Å². The molecule has 0 radical (unpaired) electrons. The van der Waals surface area contributed by atoms with E-state index in [-0.39, 0.29) is 5.82 Å². The summed E-state index contributed by atoms with van der Waals surface area (Å²) < 4.78 is 14.8. The third-order valence-corrected chi connectivity index (χ3v) is 2.53. The predicted molar refractivity (Wildman–Crippen MR) is 66.7 cm³/mol. The van der Waals surface area contributed by atoms with E-state index in [2.05, 4.69) is 5.10 Å². The number of nitrogens with zero attached hydrogens (tertiary/aromatic N) is 3. The molecule has 0 aliphatic heterocycles. The number of aromatic nitrogens is 2. The normalized spacial score (nSPS) is 10.5. The first kappa shape index (κ1) is 11.4. The highest BCUT2D eigenvalue weighted by Gasteiger charge is 2.14. The van der Waals surface area contributed by atoms with Gasteiger partial charge in [-0.15, -0.1) is 0 Å². The Bertz CT molecular complexity index is 521. The molecule has 1 aromatic carbocycles. The second kappa shape index (κ2) is 4.45. The third kappa shape index (κ3) is 2.22. The highest BCUT2D eigenvalue weighted by molar-refractivity contribution is 5.70. The van der Waals surface area contributed by atoms with Crippen molar-refractivity contribution in [2.24, 2.45) is 7.05 Å². The maximum atomic E-state index is 13.2. The van der Waals surface area contributed by atoms with Gasteiger partial charge in [0.1, 0.15) is 5.82 Å². The maximum Gasteiger partial charge on any atom is 0.178 e. The SMILES string of the molecule is CCN(c1cccc(F)c1)c1nn(C)cc1N. The lowest BCUT2D eigenvalue weighted by Gasteiger charge is -2.21. The van der Waals surface area contributed by atoms with Crippen molar-refractivity contribution in [3.05, 3.63) is 36.3 Å². The van der Waals surface area contributed by atoms with Gasteiger partial charge in [0.25, 0.3) is 0 Å². The van der Waals surface area contributed by atoms with E-state index in [1.165, 1.54) is 12.1 Å². The summed E-state index contributed by atoms with van der Waals surface area (Å²) in [6.45, 7) is 2.64. The van der Waals surface area contributed by atoms with Crippen LogP contribution < -0.4 is 10.6 Å². The highest BCUT2D eigenvalue weighted by atomic mass is 19.1. The van der Waals surface area contributed by atoms with Gasteiger partial charge in [-0.3, -0.25) is 4.68 Å². The minimum Gasteiger partial charge on any atom is -0.394 e. The summed E-state index contributed by atoms with van der Waals surface area (Å²) in [5.41, 5.74) is 7.20. The molecule has 0 aliphatic rings. The van der Waals surface area contributed by atoms with Crippen LogP contribution >= 0.6 is 0 Å². The quantitative estimate of drug-likeness (QED) is 0.886. The van der Waals surface area contributed by atoms with Gasteiger partial charge in [0, 0.05) is 25.5 Å². The summed E-state index contributed by atoms with van der Waals surface area (Å²) in [4.78, 5) is 1.87. The van der Waals surface area contributed by atoms with E-state index < -0.39 is 0 Å². The molecule has 0 atom stereocenters. The first-order chi connectivity index (χ1) is 8.11. The van der Waals surface area contributed by atoms with E-state index in [1.807, 2.05) is 17.9 Å². The number of aryl methyl sites for hydroxylation is 1. The standard InChI is InChI=1S/C12H15FN4/c1-3-17(10-6-4-5-9(13)7-10)12-11(14)8-16(2)15-12/h4-8H,3,14H2,1-2H3. The first-order valence-electron chi connectivity index (χ1n) is 5.44. The molecule has 17 heavy (non-hydrogen) atoms. The molecule has 1 aromatic heterocycles. The van der Waals surface area contributed by atoms with Crippen molar-refractivity contribution in [3.63, 3.8) is 0 Å². The smallest absolute Gasteiger partial charge is 0.178 e. The maximum absolute atomic E-state index is 13.2. The van der Waals surface area contributed by atoms with Gasteiger partial charge in [-0.1, -0.05) is 6.07 Å². The van der Waals surface area contributed by atoms with E-state index in [4.69, 9.17) is 5.73 Å². The molecule has 0 spiro atoms. The largest absolute Gasteiger partial charge is 0.394 e. The Morgan fingerprint density at radius 3 is 2.76 bits per heavy atom. The van der Waals surface area contributed by atoms with Crippen LogP contribution in [0.4, 0.5) is 21.6 Å². The number of nitrogens with two attached hydrogens (primary N) is 1. The second-order valence-electron chi connectivity index (χ2n) is 3.81. The van der Waals surface area contributed by atoms with Crippen molar-refractivity contribution in [2.45, 2.75) is 6.92 Å². The number of benzene rings is 1. The molecule has 2 aromatic rings. The molecule has 2 N–H and O–H groups in total. The van der Waals surface area contributed by atoms with Crippen molar-refractivity contribution < 1.29 is 4.39 Å². The highest BCUT2D eigenvalue weighted by Crippen LogP contribution is 2.28. The van der Waals surface area contributed by atoms with Gasteiger partial charge < -0.3 is 10.6 Å². The van der Waals surface area contributed by atoms with Crippen molar-refractivity contribution >= 4 is 17.2 Å². The topological polar surface area (TPSA) is 47.1 Å². The third-order valence-electron chi connectivity index (χ3n) is 2.53. The minimum atomic E-state index is -0.268. The summed E-state index contributed by atoms with van der Waals surface area (Å²) in [5, 5.41) is 4.28. The van der Waals surface area contributed by atoms with Crippen LogP contribution in [0.1, 0.15) is 6.92 Å². The molecule has 5 heteroatoms. The van der Waals surface area contributed by atoms with Gasteiger partial charge in [-0.05, 0) is 25.1 Å². The molecule has 0 fully saturated rings. The van der Waals surface area contributed by atoms with Crippen LogP contribution in [0.25, 0.3) is 0 Å². The van der Waals surface area contributed by atoms with Gasteiger partial charge in [0.15, 0.2) is 5.82 Å². The Morgan fingerprint density at radius 1 is 1.47 bits per heavy atom. The summed E-state index contributed by atoms with van der Waals surface area (Å²) in [7, 11) is 1.80. The zero-order chi connectivity index (χ0) is 12.4. The Hall–Kier alpha value is -2.04. The molecule has 1 heterocycles. The molecule has 0 unspecified atom stereocenters. The molecular weight excluding hydrogens is 219 g/mol. The molecular formula is C12H15FN4. The summed E-state index contributed by atoms with van der Waals surface area (Å²) in [5.74, 6) is 0.385. The Kier molecular flexibility index (Phi) is 2.99. The molecule has 0 saturated carbocycles. The lowest BCUT2D eigenvalue weighted by Crippen LogP contribution is -2.18. The van der Waals surface area contributed by atoms with Gasteiger partial charge in [0.2, 0.25) is 0 Å². The average Bonchev–Trinajstić information content (AvgIpc) is 2.59. The minimum absolute atomic E-state index is 0.268. The number of nitrogen functional groups attached to an aromatic ring is 1. The van der Waals surface area contributed by atoms with E-state index in [1.54, 1.807) is 24.0 Å². The molecule has 0 bridgehead atoms. The summed E-state index contributed by atoms with van der Waals surface area (Å²) in [6.07, 6.45) is 1.73. The zero-order valence-electron chi connectivity index (χ0n) is 9.89. The lowest BCUT2D eigenvalue weighted by molar-refractivity contribution is 0.627. The fourth-order valence-corrected chi connectivity index (χ4v) is 1.80.